The van der Waals surface area contributed by atoms with Crippen LogP contribution in [0.1, 0.15) is 12.0 Å². The van der Waals surface area contributed by atoms with Gasteiger partial charge in [0.05, 0.1) is 0 Å². The smallest absolute Gasteiger partial charge is 0.0445 e. The van der Waals surface area contributed by atoms with Crippen LogP contribution in [0.3, 0.4) is 0 Å². The monoisotopic (exact) mass is 165 g/mol. The summed E-state index contributed by atoms with van der Waals surface area (Å²) in [6.07, 6.45) is 1.52. The number of nitrogens with two attached hydrogens (primary N) is 1. The zero-order valence-corrected chi connectivity index (χ0v) is 7.11. The molecular formula is C10H15NO. The van der Waals surface area contributed by atoms with Gasteiger partial charge in [-0.2, -0.15) is 0 Å². The number of hydrogen-bond acceptors (Lipinski definition) is 2. The van der Waals surface area contributed by atoms with Gasteiger partial charge in [0.2, 0.25) is 0 Å². The Morgan fingerprint density at radius 1 is 1.25 bits per heavy atom. The second-order valence-electron chi connectivity index (χ2n) is 2.96. The molecule has 0 aliphatic carbocycles. The quantitative estimate of drug-likeness (QED) is 0.697. The first-order valence-electron chi connectivity index (χ1n) is 4.23. The third-order valence-corrected chi connectivity index (χ3v) is 1.84. The molecule has 0 aromatic heterocycles. The van der Waals surface area contributed by atoms with E-state index in [4.69, 9.17) is 10.8 Å². The van der Waals surface area contributed by atoms with E-state index < -0.39 is 0 Å². The van der Waals surface area contributed by atoms with Gasteiger partial charge in [0.25, 0.3) is 0 Å². The van der Waals surface area contributed by atoms with Crippen LogP contribution in [0.25, 0.3) is 0 Å². The fraction of sp³-hybridized carbons (Fsp3) is 0.400. The molecule has 0 saturated heterocycles. The maximum Gasteiger partial charge on any atom is 0.0445 e. The minimum atomic E-state index is 0.0809. The fourth-order valence-corrected chi connectivity index (χ4v) is 1.18. The van der Waals surface area contributed by atoms with Crippen molar-refractivity contribution >= 4 is 0 Å². The lowest BCUT2D eigenvalue weighted by atomic mass is 10.0. The Morgan fingerprint density at radius 3 is 2.50 bits per heavy atom. The number of hydrogen-bond donors (Lipinski definition) is 2. The topological polar surface area (TPSA) is 46.2 Å². The molecule has 2 heteroatoms. The van der Waals surface area contributed by atoms with Crippen molar-refractivity contribution in [3.63, 3.8) is 0 Å². The third-order valence-electron chi connectivity index (χ3n) is 1.84. The maximum atomic E-state index is 8.63. The van der Waals surface area contributed by atoms with Crippen molar-refractivity contribution in [3.8, 4) is 0 Å². The molecule has 0 amide bonds. The van der Waals surface area contributed by atoms with Crippen LogP contribution in [0.5, 0.6) is 0 Å². The highest BCUT2D eigenvalue weighted by atomic mass is 16.3. The van der Waals surface area contributed by atoms with Gasteiger partial charge < -0.3 is 10.8 Å². The summed E-state index contributed by atoms with van der Waals surface area (Å²) in [5.74, 6) is 0. The molecule has 1 unspecified atom stereocenters. The lowest BCUT2D eigenvalue weighted by molar-refractivity contribution is 0.275. The van der Waals surface area contributed by atoms with E-state index in [2.05, 4.69) is 12.1 Å². The van der Waals surface area contributed by atoms with Crippen molar-refractivity contribution < 1.29 is 5.11 Å². The van der Waals surface area contributed by atoms with Gasteiger partial charge >= 0.3 is 0 Å². The zero-order valence-electron chi connectivity index (χ0n) is 7.11. The van der Waals surface area contributed by atoms with Crippen molar-refractivity contribution in [3.05, 3.63) is 35.9 Å². The van der Waals surface area contributed by atoms with E-state index in [-0.39, 0.29) is 12.6 Å². The number of rotatable bonds is 4. The highest BCUT2D eigenvalue weighted by Gasteiger charge is 2.01. The van der Waals surface area contributed by atoms with Crippen LogP contribution in [-0.2, 0) is 6.42 Å². The van der Waals surface area contributed by atoms with E-state index in [0.29, 0.717) is 6.42 Å². The average Bonchev–Trinajstić information content (AvgIpc) is 2.06. The highest BCUT2D eigenvalue weighted by Crippen LogP contribution is 2.03. The molecular weight excluding hydrogens is 150 g/mol. The van der Waals surface area contributed by atoms with Gasteiger partial charge in [-0.05, 0) is 18.4 Å². The molecule has 1 aromatic rings. The van der Waals surface area contributed by atoms with Gasteiger partial charge in [-0.25, -0.2) is 0 Å². The molecule has 0 spiro atoms. The van der Waals surface area contributed by atoms with E-state index in [1.165, 1.54) is 5.56 Å². The van der Waals surface area contributed by atoms with Crippen molar-refractivity contribution in [2.45, 2.75) is 18.9 Å². The van der Waals surface area contributed by atoms with Crippen LogP contribution < -0.4 is 5.73 Å². The minimum Gasteiger partial charge on any atom is -0.396 e. The van der Waals surface area contributed by atoms with Crippen LogP contribution in [0.4, 0.5) is 0 Å². The van der Waals surface area contributed by atoms with Gasteiger partial charge in [-0.15, -0.1) is 0 Å². The zero-order chi connectivity index (χ0) is 8.81. The fourth-order valence-electron chi connectivity index (χ4n) is 1.18. The Balaban J connectivity index is 2.41. The number of benzene rings is 1. The lowest BCUT2D eigenvalue weighted by Gasteiger charge is -2.08. The molecule has 0 fully saturated rings. The van der Waals surface area contributed by atoms with Crippen LogP contribution in [-0.4, -0.2) is 17.8 Å². The molecule has 12 heavy (non-hydrogen) atoms. The number of aliphatic hydroxyl groups excluding tert-OH is 1. The summed E-state index contributed by atoms with van der Waals surface area (Å²) in [6, 6.07) is 10.2. The summed E-state index contributed by atoms with van der Waals surface area (Å²) < 4.78 is 0. The molecule has 66 valence electrons. The molecule has 1 atom stereocenters. The van der Waals surface area contributed by atoms with Gasteiger partial charge in [-0.3, -0.25) is 0 Å². The van der Waals surface area contributed by atoms with Gasteiger partial charge in [0.15, 0.2) is 0 Å². The Kier molecular flexibility index (Phi) is 3.77. The summed E-state index contributed by atoms with van der Waals surface area (Å²) in [4.78, 5) is 0. The molecule has 0 heterocycles. The SMILES string of the molecule is NC(CCO)Cc1ccccc1. The predicted molar refractivity (Wildman–Crippen MR) is 49.8 cm³/mol. The van der Waals surface area contributed by atoms with E-state index in [0.717, 1.165) is 6.42 Å². The van der Waals surface area contributed by atoms with Crippen LogP contribution in [0.15, 0.2) is 30.3 Å². The van der Waals surface area contributed by atoms with Crippen LogP contribution in [0.2, 0.25) is 0 Å². The largest absolute Gasteiger partial charge is 0.396 e. The Morgan fingerprint density at radius 2 is 1.92 bits per heavy atom. The van der Waals surface area contributed by atoms with Crippen LogP contribution >= 0.6 is 0 Å². The second-order valence-corrected chi connectivity index (χ2v) is 2.96. The minimum absolute atomic E-state index is 0.0809. The first-order valence-corrected chi connectivity index (χ1v) is 4.23. The van der Waals surface area contributed by atoms with E-state index in [1.54, 1.807) is 0 Å². The summed E-state index contributed by atoms with van der Waals surface area (Å²) in [5, 5.41) is 8.63. The summed E-state index contributed by atoms with van der Waals surface area (Å²) in [5.41, 5.74) is 6.99. The van der Waals surface area contributed by atoms with Gasteiger partial charge in [0.1, 0.15) is 0 Å². The molecule has 0 bridgehead atoms. The van der Waals surface area contributed by atoms with Gasteiger partial charge in [0, 0.05) is 12.6 Å². The normalized spacial score (nSPS) is 12.8. The Hall–Kier alpha value is -0.860. The van der Waals surface area contributed by atoms with Crippen molar-refractivity contribution in [2.75, 3.05) is 6.61 Å². The standard InChI is InChI=1S/C10H15NO/c11-10(6-7-12)8-9-4-2-1-3-5-9/h1-5,10,12H,6-8,11H2. The molecule has 2 nitrogen and oxygen atoms in total. The molecule has 0 aliphatic heterocycles. The van der Waals surface area contributed by atoms with E-state index in [9.17, 15) is 0 Å². The Labute approximate surface area is 73.0 Å². The molecule has 3 N–H and O–H groups in total. The maximum absolute atomic E-state index is 8.63. The highest BCUT2D eigenvalue weighted by molar-refractivity contribution is 5.15. The van der Waals surface area contributed by atoms with Gasteiger partial charge in [-0.1, -0.05) is 30.3 Å². The van der Waals surface area contributed by atoms with E-state index >= 15 is 0 Å². The summed E-state index contributed by atoms with van der Waals surface area (Å²) in [7, 11) is 0. The average molecular weight is 165 g/mol. The predicted octanol–water partition coefficient (Wildman–Crippen LogP) is 0.939. The first-order chi connectivity index (χ1) is 5.83. The molecule has 1 rings (SSSR count). The second kappa shape index (κ2) is 4.91. The molecule has 0 aliphatic rings. The molecule has 0 saturated carbocycles. The van der Waals surface area contributed by atoms with E-state index in [1.807, 2.05) is 18.2 Å². The van der Waals surface area contributed by atoms with Crippen molar-refractivity contribution in [1.29, 1.82) is 0 Å². The van der Waals surface area contributed by atoms with Crippen molar-refractivity contribution in [2.24, 2.45) is 5.73 Å². The first kappa shape index (κ1) is 9.23. The Bertz CT molecular complexity index is 210. The molecule has 1 aromatic carbocycles. The third kappa shape index (κ3) is 3.03. The molecule has 0 radical (unpaired) electrons. The summed E-state index contributed by atoms with van der Waals surface area (Å²) >= 11 is 0. The number of aliphatic hydroxyl groups is 1. The van der Waals surface area contributed by atoms with Crippen LogP contribution in [0, 0.1) is 0 Å². The summed E-state index contributed by atoms with van der Waals surface area (Å²) in [6.45, 7) is 0.175. The lowest BCUT2D eigenvalue weighted by Crippen LogP contribution is -2.23. The van der Waals surface area contributed by atoms with Crippen molar-refractivity contribution in [1.82, 2.24) is 0 Å².